The first-order chi connectivity index (χ1) is 7.36. The molecule has 0 atom stereocenters. The molecule has 1 nitrogen and oxygen atoms in total. The highest BCUT2D eigenvalue weighted by Crippen LogP contribution is 2.27. The fourth-order valence-electron chi connectivity index (χ4n) is 2.23. The van der Waals surface area contributed by atoms with E-state index in [0.717, 1.165) is 31.3 Å². The van der Waals surface area contributed by atoms with E-state index in [9.17, 15) is 4.79 Å². The van der Waals surface area contributed by atoms with E-state index in [1.807, 2.05) is 6.92 Å². The summed E-state index contributed by atoms with van der Waals surface area (Å²) in [6.07, 6.45) is 6.33. The van der Waals surface area contributed by atoms with Crippen LogP contribution in [0, 0.1) is 0 Å². The van der Waals surface area contributed by atoms with Crippen LogP contribution in [0.4, 0.5) is 0 Å². The van der Waals surface area contributed by atoms with E-state index in [4.69, 9.17) is 0 Å². The number of carbonyl (C=O) groups is 1. The minimum absolute atomic E-state index is 0.350. The molecule has 1 rings (SSSR count). The summed E-state index contributed by atoms with van der Waals surface area (Å²) in [4.78, 5) is 11.6. The van der Waals surface area contributed by atoms with Crippen molar-refractivity contribution in [2.75, 3.05) is 0 Å². The van der Waals surface area contributed by atoms with Crippen molar-refractivity contribution in [1.29, 1.82) is 0 Å². The second-order valence-corrected chi connectivity index (χ2v) is 10.8. The molecule has 0 bridgehead atoms. The molecule has 0 spiro atoms. The third-order valence-corrected chi connectivity index (χ3v) is 5.87. The molecule has 0 radical (unpaired) electrons. The van der Waals surface area contributed by atoms with Gasteiger partial charge in [0.15, 0.2) is 5.78 Å². The Balaban J connectivity index is 3.06. The largest absolute Gasteiger partial charge is 0.295 e. The van der Waals surface area contributed by atoms with Gasteiger partial charge in [-0.15, -0.1) is 0 Å². The molecule has 0 N–H and O–H groups in total. The van der Waals surface area contributed by atoms with Gasteiger partial charge in [-0.1, -0.05) is 37.8 Å². The Morgan fingerprint density at radius 1 is 1.31 bits per heavy atom. The quantitative estimate of drug-likeness (QED) is 0.669. The first-order valence-corrected chi connectivity index (χ1v) is 9.80. The van der Waals surface area contributed by atoms with E-state index in [-0.39, 0.29) is 0 Å². The minimum atomic E-state index is -1.21. The van der Waals surface area contributed by atoms with Crippen LogP contribution in [0.25, 0.3) is 0 Å². The van der Waals surface area contributed by atoms with E-state index in [1.54, 1.807) is 5.20 Å². The summed E-state index contributed by atoms with van der Waals surface area (Å²) in [6.45, 7) is 11.4. The molecular weight excluding hydrogens is 212 g/mol. The molecule has 0 fully saturated rings. The zero-order chi connectivity index (χ0) is 12.3. The Labute approximate surface area is 101 Å². The van der Waals surface area contributed by atoms with Crippen molar-refractivity contribution in [1.82, 2.24) is 0 Å². The Kier molecular flexibility index (Phi) is 4.31. The monoisotopic (exact) mass is 236 g/mol. The number of hydrogen-bond acceptors (Lipinski definition) is 1. The fraction of sp³-hybridized carbons (Fsp3) is 0.643. The first kappa shape index (κ1) is 13.4. The lowest BCUT2D eigenvalue weighted by atomic mass is 9.91. The molecule has 0 saturated carbocycles. The molecule has 0 unspecified atom stereocenters. The molecule has 0 aliphatic heterocycles. The molecule has 1 aliphatic rings. The van der Waals surface area contributed by atoms with Gasteiger partial charge < -0.3 is 0 Å². The smallest absolute Gasteiger partial charge is 0.158 e. The molecule has 0 aromatic heterocycles. The van der Waals surface area contributed by atoms with E-state index < -0.39 is 8.07 Å². The topological polar surface area (TPSA) is 17.1 Å². The Morgan fingerprint density at radius 2 is 1.94 bits per heavy atom. The van der Waals surface area contributed by atoms with Crippen molar-refractivity contribution in [3.05, 3.63) is 22.4 Å². The van der Waals surface area contributed by atoms with Crippen LogP contribution in [0.15, 0.2) is 22.4 Å². The van der Waals surface area contributed by atoms with Crippen molar-refractivity contribution in [3.8, 4) is 0 Å². The second-order valence-electron chi connectivity index (χ2n) is 5.70. The zero-order valence-corrected chi connectivity index (χ0v) is 12.3. The van der Waals surface area contributed by atoms with E-state index >= 15 is 0 Å². The fourth-order valence-corrected chi connectivity index (χ4v) is 3.90. The lowest BCUT2D eigenvalue weighted by Gasteiger charge is -2.22. The number of carbonyl (C=O) groups excluding carboxylic acids is 1. The normalized spacial score (nSPS) is 19.3. The van der Waals surface area contributed by atoms with Crippen molar-refractivity contribution < 1.29 is 4.79 Å². The average molecular weight is 236 g/mol. The summed E-state index contributed by atoms with van der Waals surface area (Å²) in [5.41, 5.74) is 2.31. The highest BCUT2D eigenvalue weighted by atomic mass is 28.3. The van der Waals surface area contributed by atoms with Gasteiger partial charge >= 0.3 is 0 Å². The Morgan fingerprint density at radius 3 is 2.44 bits per heavy atom. The summed E-state index contributed by atoms with van der Waals surface area (Å²) in [5, 5.41) is 1.58. The summed E-state index contributed by atoms with van der Waals surface area (Å²) in [6, 6.07) is 0. The SMILES string of the molecule is CC/C(=C\C1=C(C)C(=O)CCC1)[Si](C)(C)C. The van der Waals surface area contributed by atoms with Crippen LogP contribution in [0.2, 0.25) is 19.6 Å². The summed E-state index contributed by atoms with van der Waals surface area (Å²) >= 11 is 0. The van der Waals surface area contributed by atoms with Gasteiger partial charge in [-0.3, -0.25) is 4.79 Å². The first-order valence-electron chi connectivity index (χ1n) is 6.30. The van der Waals surface area contributed by atoms with Crippen molar-refractivity contribution >= 4 is 13.9 Å². The molecule has 0 heterocycles. The standard InChI is InChI=1S/C14H24OSi/c1-6-13(16(3,4)5)10-12-8-7-9-14(15)11(12)2/h10H,6-9H2,1-5H3/b13-10+. The lowest BCUT2D eigenvalue weighted by Crippen LogP contribution is -2.24. The van der Waals surface area contributed by atoms with Gasteiger partial charge in [-0.05, 0) is 37.3 Å². The summed E-state index contributed by atoms with van der Waals surface area (Å²) < 4.78 is 0. The molecule has 2 heteroatoms. The molecule has 0 saturated heterocycles. The molecule has 0 amide bonds. The van der Waals surface area contributed by atoms with Crippen molar-refractivity contribution in [3.63, 3.8) is 0 Å². The summed E-state index contributed by atoms with van der Waals surface area (Å²) in [5.74, 6) is 0.350. The van der Waals surface area contributed by atoms with Gasteiger partial charge in [0.25, 0.3) is 0 Å². The molecular formula is C14H24OSi. The molecule has 0 aromatic rings. The maximum absolute atomic E-state index is 11.6. The van der Waals surface area contributed by atoms with Crippen molar-refractivity contribution in [2.24, 2.45) is 0 Å². The highest BCUT2D eigenvalue weighted by molar-refractivity contribution is 6.83. The maximum atomic E-state index is 11.6. The van der Waals surface area contributed by atoms with E-state index in [2.05, 4.69) is 32.6 Å². The number of hydrogen-bond donors (Lipinski definition) is 0. The van der Waals surface area contributed by atoms with Crippen LogP contribution in [-0.4, -0.2) is 13.9 Å². The number of rotatable bonds is 3. The zero-order valence-electron chi connectivity index (χ0n) is 11.3. The van der Waals surface area contributed by atoms with Crippen LogP contribution in [-0.2, 0) is 4.79 Å². The maximum Gasteiger partial charge on any atom is 0.158 e. The Bertz CT molecular complexity index is 342. The van der Waals surface area contributed by atoms with Crippen molar-refractivity contribution in [2.45, 2.75) is 59.2 Å². The van der Waals surface area contributed by atoms with Gasteiger partial charge in [-0.25, -0.2) is 0 Å². The van der Waals surface area contributed by atoms with Crippen LogP contribution >= 0.6 is 0 Å². The summed E-state index contributed by atoms with van der Waals surface area (Å²) in [7, 11) is -1.21. The number of ketones is 1. The van der Waals surface area contributed by atoms with E-state index in [0.29, 0.717) is 5.78 Å². The van der Waals surface area contributed by atoms with Gasteiger partial charge in [0.2, 0.25) is 0 Å². The molecule has 0 aromatic carbocycles. The highest BCUT2D eigenvalue weighted by Gasteiger charge is 2.20. The number of Topliss-reactive ketones (excluding diaryl/α,β-unsaturated/α-hetero) is 1. The minimum Gasteiger partial charge on any atom is -0.295 e. The molecule has 90 valence electrons. The average Bonchev–Trinajstić information content (AvgIpc) is 2.18. The predicted molar refractivity (Wildman–Crippen MR) is 73.3 cm³/mol. The predicted octanol–water partition coefficient (Wildman–Crippen LogP) is 4.27. The van der Waals surface area contributed by atoms with Gasteiger partial charge in [0, 0.05) is 6.42 Å². The van der Waals surface area contributed by atoms with Crippen LogP contribution in [0.1, 0.15) is 39.5 Å². The lowest BCUT2D eigenvalue weighted by molar-refractivity contribution is -0.116. The van der Waals surface area contributed by atoms with Gasteiger partial charge in [-0.2, -0.15) is 0 Å². The van der Waals surface area contributed by atoms with Gasteiger partial charge in [0.05, 0.1) is 8.07 Å². The third kappa shape index (κ3) is 3.18. The van der Waals surface area contributed by atoms with Crippen LogP contribution in [0.3, 0.4) is 0 Å². The molecule has 1 aliphatic carbocycles. The van der Waals surface area contributed by atoms with Crippen LogP contribution < -0.4 is 0 Å². The molecule has 16 heavy (non-hydrogen) atoms. The van der Waals surface area contributed by atoms with Crippen LogP contribution in [0.5, 0.6) is 0 Å². The van der Waals surface area contributed by atoms with Gasteiger partial charge in [0.1, 0.15) is 0 Å². The second kappa shape index (κ2) is 5.13. The Hall–Kier alpha value is -0.633. The number of allylic oxidation sites excluding steroid dienone is 4. The van der Waals surface area contributed by atoms with E-state index in [1.165, 1.54) is 5.57 Å². The third-order valence-electron chi connectivity index (χ3n) is 3.44.